The third kappa shape index (κ3) is 3.36. The first kappa shape index (κ1) is 14.5. The largest absolute Gasteiger partial charge is 0.478 e. The Morgan fingerprint density at radius 3 is 2.70 bits per heavy atom. The summed E-state index contributed by atoms with van der Waals surface area (Å²) in [7, 11) is 0. The van der Waals surface area contributed by atoms with Gasteiger partial charge in [0.1, 0.15) is 5.82 Å². The molecule has 0 saturated heterocycles. The topological polar surface area (TPSA) is 49.3 Å². The zero-order valence-electron chi connectivity index (χ0n) is 10.8. The Kier molecular flexibility index (Phi) is 4.39. The predicted octanol–water partition coefficient (Wildman–Crippen LogP) is 4.21. The fourth-order valence-corrected chi connectivity index (χ4v) is 2.43. The maximum atomic E-state index is 13.7. The van der Waals surface area contributed by atoms with Gasteiger partial charge in [-0.2, -0.15) is 0 Å². The third-order valence-electron chi connectivity index (χ3n) is 2.89. The molecule has 0 aliphatic carbocycles. The van der Waals surface area contributed by atoms with Crippen LogP contribution in [0.15, 0.2) is 40.9 Å². The van der Waals surface area contributed by atoms with Gasteiger partial charge in [0.2, 0.25) is 0 Å². The molecule has 0 unspecified atom stereocenters. The van der Waals surface area contributed by atoms with Crippen LogP contribution in [-0.2, 0) is 6.54 Å². The highest BCUT2D eigenvalue weighted by Crippen LogP contribution is 2.24. The molecule has 0 fully saturated rings. The van der Waals surface area contributed by atoms with E-state index in [9.17, 15) is 9.18 Å². The van der Waals surface area contributed by atoms with E-state index >= 15 is 0 Å². The van der Waals surface area contributed by atoms with Gasteiger partial charge in [0.25, 0.3) is 0 Å². The van der Waals surface area contributed by atoms with Gasteiger partial charge in [-0.15, -0.1) is 0 Å². The highest BCUT2D eigenvalue weighted by atomic mass is 79.9. The van der Waals surface area contributed by atoms with E-state index in [0.29, 0.717) is 5.56 Å². The first-order chi connectivity index (χ1) is 9.47. The number of aromatic carboxylic acids is 1. The van der Waals surface area contributed by atoms with Gasteiger partial charge in [0.05, 0.1) is 5.56 Å². The van der Waals surface area contributed by atoms with Crippen molar-refractivity contribution in [3.05, 3.63) is 63.4 Å². The summed E-state index contributed by atoms with van der Waals surface area (Å²) in [5.41, 5.74) is 2.33. The van der Waals surface area contributed by atoms with Crippen LogP contribution in [-0.4, -0.2) is 11.1 Å². The molecule has 0 radical (unpaired) electrons. The van der Waals surface area contributed by atoms with Crippen LogP contribution in [0.2, 0.25) is 0 Å². The van der Waals surface area contributed by atoms with Gasteiger partial charge in [-0.05, 0) is 58.7 Å². The standard InChI is InChI=1S/C15H13BrFNO2/c1-9-2-5-14(12(16)6-9)18-8-11-7-10(15(19)20)3-4-13(11)17/h2-7,18H,8H2,1H3,(H,19,20). The van der Waals surface area contributed by atoms with Crippen LogP contribution in [0.3, 0.4) is 0 Å². The summed E-state index contributed by atoms with van der Waals surface area (Å²) in [5, 5.41) is 12.0. The number of carboxylic acid groups (broad SMARTS) is 1. The Labute approximate surface area is 124 Å². The summed E-state index contributed by atoms with van der Waals surface area (Å²) in [6.45, 7) is 2.19. The molecule has 0 spiro atoms. The minimum Gasteiger partial charge on any atom is -0.478 e. The van der Waals surface area contributed by atoms with Gasteiger partial charge >= 0.3 is 5.97 Å². The molecule has 0 bridgehead atoms. The van der Waals surface area contributed by atoms with Gasteiger partial charge in [-0.3, -0.25) is 0 Å². The predicted molar refractivity (Wildman–Crippen MR) is 79.6 cm³/mol. The smallest absolute Gasteiger partial charge is 0.335 e. The lowest BCUT2D eigenvalue weighted by molar-refractivity contribution is 0.0696. The summed E-state index contributed by atoms with van der Waals surface area (Å²) in [5.74, 6) is -1.49. The second-order valence-corrected chi connectivity index (χ2v) is 5.30. The van der Waals surface area contributed by atoms with Gasteiger partial charge in [0.15, 0.2) is 0 Å². The summed E-state index contributed by atoms with van der Waals surface area (Å²) >= 11 is 3.43. The maximum Gasteiger partial charge on any atom is 0.335 e. The van der Waals surface area contributed by atoms with Crippen molar-refractivity contribution in [2.75, 3.05) is 5.32 Å². The fraction of sp³-hybridized carbons (Fsp3) is 0.133. The molecule has 2 N–H and O–H groups in total. The van der Waals surface area contributed by atoms with Gasteiger partial charge in [-0.25, -0.2) is 9.18 Å². The molecule has 0 saturated carbocycles. The molecule has 20 heavy (non-hydrogen) atoms. The molecule has 0 aliphatic rings. The highest BCUT2D eigenvalue weighted by Gasteiger charge is 2.09. The van der Waals surface area contributed by atoms with Crippen LogP contribution in [0.25, 0.3) is 0 Å². The van der Waals surface area contributed by atoms with E-state index in [4.69, 9.17) is 5.11 Å². The van der Waals surface area contributed by atoms with E-state index in [2.05, 4.69) is 21.2 Å². The first-order valence-corrected chi connectivity index (χ1v) is 6.78. The quantitative estimate of drug-likeness (QED) is 0.878. The van der Waals surface area contributed by atoms with Crippen molar-refractivity contribution in [2.45, 2.75) is 13.5 Å². The van der Waals surface area contributed by atoms with Gasteiger partial charge < -0.3 is 10.4 Å². The number of hydrogen-bond donors (Lipinski definition) is 2. The van der Waals surface area contributed by atoms with Crippen molar-refractivity contribution < 1.29 is 14.3 Å². The van der Waals surface area contributed by atoms with Crippen LogP contribution in [0.5, 0.6) is 0 Å². The molecule has 2 aromatic carbocycles. The molecular weight excluding hydrogens is 325 g/mol. The van der Waals surface area contributed by atoms with E-state index in [1.54, 1.807) is 0 Å². The van der Waals surface area contributed by atoms with Crippen LogP contribution in [0, 0.1) is 12.7 Å². The zero-order chi connectivity index (χ0) is 14.7. The number of nitrogens with one attached hydrogen (secondary N) is 1. The van der Waals surface area contributed by atoms with Crippen molar-refractivity contribution in [3.8, 4) is 0 Å². The number of carbonyl (C=O) groups is 1. The second-order valence-electron chi connectivity index (χ2n) is 4.45. The molecule has 0 aromatic heterocycles. The molecule has 2 aromatic rings. The zero-order valence-corrected chi connectivity index (χ0v) is 12.4. The minimum atomic E-state index is -1.07. The Hall–Kier alpha value is -1.88. The van der Waals surface area contributed by atoms with Crippen LogP contribution in [0.1, 0.15) is 21.5 Å². The van der Waals surface area contributed by atoms with Crippen molar-refractivity contribution in [3.63, 3.8) is 0 Å². The molecule has 0 atom stereocenters. The van der Waals surface area contributed by atoms with Crippen molar-refractivity contribution in [2.24, 2.45) is 0 Å². The monoisotopic (exact) mass is 337 g/mol. The normalized spacial score (nSPS) is 10.3. The number of benzene rings is 2. The number of rotatable bonds is 4. The average molecular weight is 338 g/mol. The number of aryl methyl sites for hydroxylation is 1. The molecule has 0 amide bonds. The van der Waals surface area contributed by atoms with Crippen LogP contribution < -0.4 is 5.32 Å². The van der Waals surface area contributed by atoms with E-state index in [0.717, 1.165) is 15.7 Å². The Morgan fingerprint density at radius 2 is 2.05 bits per heavy atom. The van der Waals surface area contributed by atoms with Crippen LogP contribution >= 0.6 is 15.9 Å². The third-order valence-corrected chi connectivity index (χ3v) is 3.54. The number of anilines is 1. The molecule has 0 heterocycles. The number of halogens is 2. The molecule has 2 rings (SSSR count). The molecular formula is C15H13BrFNO2. The van der Waals surface area contributed by atoms with E-state index in [1.807, 2.05) is 25.1 Å². The lowest BCUT2D eigenvalue weighted by Gasteiger charge is -2.10. The summed E-state index contributed by atoms with van der Waals surface area (Å²) in [6.07, 6.45) is 0. The molecule has 104 valence electrons. The number of carboxylic acids is 1. The number of hydrogen-bond acceptors (Lipinski definition) is 2. The summed E-state index contributed by atoms with van der Waals surface area (Å²) < 4.78 is 14.5. The van der Waals surface area contributed by atoms with Gasteiger partial charge in [0, 0.05) is 22.3 Å². The van der Waals surface area contributed by atoms with Crippen molar-refractivity contribution >= 4 is 27.6 Å². The fourth-order valence-electron chi connectivity index (χ4n) is 1.80. The van der Waals surface area contributed by atoms with Crippen molar-refractivity contribution in [1.82, 2.24) is 0 Å². The summed E-state index contributed by atoms with van der Waals surface area (Å²) in [4.78, 5) is 10.9. The van der Waals surface area contributed by atoms with E-state index in [-0.39, 0.29) is 12.1 Å². The maximum absolute atomic E-state index is 13.7. The second kappa shape index (κ2) is 6.05. The minimum absolute atomic E-state index is 0.0752. The lowest BCUT2D eigenvalue weighted by atomic mass is 10.1. The Morgan fingerprint density at radius 1 is 1.30 bits per heavy atom. The van der Waals surface area contributed by atoms with Gasteiger partial charge in [-0.1, -0.05) is 6.07 Å². The first-order valence-electron chi connectivity index (χ1n) is 5.99. The Balaban J connectivity index is 2.18. The lowest BCUT2D eigenvalue weighted by Crippen LogP contribution is -2.05. The molecule has 0 aliphatic heterocycles. The molecule has 3 nitrogen and oxygen atoms in total. The molecule has 5 heteroatoms. The average Bonchev–Trinajstić information content (AvgIpc) is 2.39. The van der Waals surface area contributed by atoms with E-state index in [1.165, 1.54) is 18.2 Å². The summed E-state index contributed by atoms with van der Waals surface area (Å²) in [6, 6.07) is 9.54. The van der Waals surface area contributed by atoms with E-state index < -0.39 is 11.8 Å². The highest BCUT2D eigenvalue weighted by molar-refractivity contribution is 9.10. The SMILES string of the molecule is Cc1ccc(NCc2cc(C(=O)O)ccc2F)c(Br)c1. The van der Waals surface area contributed by atoms with Crippen LogP contribution in [0.4, 0.5) is 10.1 Å². The van der Waals surface area contributed by atoms with Crippen molar-refractivity contribution in [1.29, 1.82) is 0 Å². The Bertz CT molecular complexity index is 658.